The van der Waals surface area contributed by atoms with E-state index >= 15 is 0 Å². The summed E-state index contributed by atoms with van der Waals surface area (Å²) >= 11 is 1.70. The first kappa shape index (κ1) is 13.3. The number of aryl methyl sites for hydroxylation is 1. The SMILES string of the molecule is CCCn1nccc1C(=O)CSCC(C)C. The number of thioether (sulfide) groups is 1. The second kappa shape index (κ2) is 6.74. The molecule has 1 aromatic rings. The van der Waals surface area contributed by atoms with Gasteiger partial charge in [0.1, 0.15) is 5.69 Å². The Morgan fingerprint density at radius 2 is 2.31 bits per heavy atom. The van der Waals surface area contributed by atoms with E-state index < -0.39 is 0 Å². The third-order valence-electron chi connectivity index (χ3n) is 2.12. The Bertz CT molecular complexity index is 334. The van der Waals surface area contributed by atoms with Gasteiger partial charge in [0, 0.05) is 12.7 Å². The molecule has 0 saturated heterocycles. The molecule has 3 nitrogen and oxygen atoms in total. The summed E-state index contributed by atoms with van der Waals surface area (Å²) in [4.78, 5) is 11.9. The summed E-state index contributed by atoms with van der Waals surface area (Å²) < 4.78 is 1.80. The number of hydrogen-bond acceptors (Lipinski definition) is 3. The number of hydrogen-bond donors (Lipinski definition) is 0. The minimum Gasteiger partial charge on any atom is -0.292 e. The molecule has 16 heavy (non-hydrogen) atoms. The predicted octanol–water partition coefficient (Wildman–Crippen LogP) is 2.87. The van der Waals surface area contributed by atoms with Crippen LogP contribution in [0.2, 0.25) is 0 Å². The van der Waals surface area contributed by atoms with E-state index in [1.807, 2.05) is 6.07 Å². The maximum Gasteiger partial charge on any atom is 0.190 e. The van der Waals surface area contributed by atoms with E-state index in [1.165, 1.54) is 0 Å². The van der Waals surface area contributed by atoms with E-state index in [4.69, 9.17) is 0 Å². The highest BCUT2D eigenvalue weighted by molar-refractivity contribution is 7.99. The molecule has 0 atom stereocenters. The van der Waals surface area contributed by atoms with Crippen LogP contribution in [0.5, 0.6) is 0 Å². The summed E-state index contributed by atoms with van der Waals surface area (Å²) in [6.45, 7) is 7.24. The molecule has 0 unspecified atom stereocenters. The molecule has 0 amide bonds. The summed E-state index contributed by atoms with van der Waals surface area (Å²) in [6.07, 6.45) is 2.71. The number of carbonyl (C=O) groups excluding carboxylic acids is 1. The second-order valence-electron chi connectivity index (χ2n) is 4.27. The Balaban J connectivity index is 2.49. The first-order valence-corrected chi connectivity index (χ1v) is 6.93. The molecule has 0 fully saturated rings. The van der Waals surface area contributed by atoms with Crippen molar-refractivity contribution in [2.75, 3.05) is 11.5 Å². The Hall–Kier alpha value is -0.770. The van der Waals surface area contributed by atoms with Crippen LogP contribution in [0.3, 0.4) is 0 Å². The highest BCUT2D eigenvalue weighted by Crippen LogP contribution is 2.11. The van der Waals surface area contributed by atoms with Crippen LogP contribution in [-0.2, 0) is 6.54 Å². The van der Waals surface area contributed by atoms with Gasteiger partial charge in [0.05, 0.1) is 5.75 Å². The van der Waals surface area contributed by atoms with Gasteiger partial charge in [-0.3, -0.25) is 9.48 Å². The molecule has 0 bridgehead atoms. The van der Waals surface area contributed by atoms with E-state index in [9.17, 15) is 4.79 Å². The molecule has 0 aliphatic heterocycles. The largest absolute Gasteiger partial charge is 0.292 e. The summed E-state index contributed by atoms with van der Waals surface area (Å²) in [6, 6.07) is 1.81. The van der Waals surface area contributed by atoms with Crippen molar-refractivity contribution in [3.8, 4) is 0 Å². The molecule has 0 aliphatic carbocycles. The minimum absolute atomic E-state index is 0.191. The number of ketones is 1. The number of Topliss-reactive ketones (excluding diaryl/α,β-unsaturated/α-hetero) is 1. The first-order valence-electron chi connectivity index (χ1n) is 5.78. The smallest absolute Gasteiger partial charge is 0.190 e. The Morgan fingerprint density at radius 3 is 2.94 bits per heavy atom. The van der Waals surface area contributed by atoms with Crippen molar-refractivity contribution in [2.24, 2.45) is 5.92 Å². The maximum atomic E-state index is 11.9. The van der Waals surface area contributed by atoms with Crippen LogP contribution in [-0.4, -0.2) is 27.1 Å². The predicted molar refractivity (Wildman–Crippen MR) is 69.0 cm³/mol. The fourth-order valence-electron chi connectivity index (χ4n) is 1.42. The number of aromatic nitrogens is 2. The van der Waals surface area contributed by atoms with Gasteiger partial charge < -0.3 is 0 Å². The number of carbonyl (C=O) groups is 1. The van der Waals surface area contributed by atoms with Gasteiger partial charge in [0.25, 0.3) is 0 Å². The monoisotopic (exact) mass is 240 g/mol. The normalized spacial score (nSPS) is 11.0. The van der Waals surface area contributed by atoms with Crippen LogP contribution in [0.4, 0.5) is 0 Å². The summed E-state index contributed by atoms with van der Waals surface area (Å²) in [5.74, 6) is 2.43. The van der Waals surface area contributed by atoms with Crippen LogP contribution in [0, 0.1) is 5.92 Å². The topological polar surface area (TPSA) is 34.9 Å². The lowest BCUT2D eigenvalue weighted by Gasteiger charge is -2.06. The van der Waals surface area contributed by atoms with Crippen molar-refractivity contribution < 1.29 is 4.79 Å². The highest BCUT2D eigenvalue weighted by atomic mass is 32.2. The molecule has 0 saturated carbocycles. The lowest BCUT2D eigenvalue weighted by atomic mass is 10.3. The average Bonchev–Trinajstić information content (AvgIpc) is 2.66. The van der Waals surface area contributed by atoms with Crippen molar-refractivity contribution in [1.29, 1.82) is 0 Å². The average molecular weight is 240 g/mol. The van der Waals surface area contributed by atoms with Crippen molar-refractivity contribution in [3.05, 3.63) is 18.0 Å². The van der Waals surface area contributed by atoms with Gasteiger partial charge in [-0.1, -0.05) is 20.8 Å². The van der Waals surface area contributed by atoms with Crippen molar-refractivity contribution in [1.82, 2.24) is 9.78 Å². The molecule has 0 spiro atoms. The Labute approximate surface area is 102 Å². The summed E-state index contributed by atoms with van der Waals surface area (Å²) in [5, 5.41) is 4.16. The Kier molecular flexibility index (Phi) is 5.60. The van der Waals surface area contributed by atoms with Gasteiger partial charge in [-0.05, 0) is 24.2 Å². The third-order valence-corrected chi connectivity index (χ3v) is 3.49. The van der Waals surface area contributed by atoms with Gasteiger partial charge in [-0.2, -0.15) is 16.9 Å². The van der Waals surface area contributed by atoms with E-state index in [1.54, 1.807) is 22.6 Å². The van der Waals surface area contributed by atoms with Crippen LogP contribution >= 0.6 is 11.8 Å². The van der Waals surface area contributed by atoms with Gasteiger partial charge >= 0.3 is 0 Å². The zero-order valence-corrected chi connectivity index (χ0v) is 11.1. The van der Waals surface area contributed by atoms with E-state index in [-0.39, 0.29) is 5.78 Å². The molecule has 0 radical (unpaired) electrons. The van der Waals surface area contributed by atoms with Crippen LogP contribution in [0.15, 0.2) is 12.3 Å². The third kappa shape index (κ3) is 4.00. The molecule has 0 N–H and O–H groups in total. The van der Waals surface area contributed by atoms with Gasteiger partial charge in [-0.15, -0.1) is 0 Å². The molecule has 90 valence electrons. The highest BCUT2D eigenvalue weighted by Gasteiger charge is 2.11. The zero-order chi connectivity index (χ0) is 12.0. The summed E-state index contributed by atoms with van der Waals surface area (Å²) in [7, 11) is 0. The van der Waals surface area contributed by atoms with Crippen molar-refractivity contribution >= 4 is 17.5 Å². The molecule has 4 heteroatoms. The van der Waals surface area contributed by atoms with E-state index in [0.29, 0.717) is 11.7 Å². The quantitative estimate of drug-likeness (QED) is 0.687. The van der Waals surface area contributed by atoms with E-state index in [0.717, 1.165) is 24.4 Å². The number of nitrogens with zero attached hydrogens (tertiary/aromatic N) is 2. The van der Waals surface area contributed by atoms with E-state index in [2.05, 4.69) is 25.9 Å². The molecule has 1 heterocycles. The van der Waals surface area contributed by atoms with Gasteiger partial charge in [-0.25, -0.2) is 0 Å². The fourth-order valence-corrected chi connectivity index (χ4v) is 2.34. The zero-order valence-electron chi connectivity index (χ0n) is 10.3. The molecule has 1 aromatic heterocycles. The minimum atomic E-state index is 0.191. The molecule has 0 aromatic carbocycles. The molecule has 1 rings (SSSR count). The first-order chi connectivity index (χ1) is 7.65. The fraction of sp³-hybridized carbons (Fsp3) is 0.667. The standard InChI is InChI=1S/C12H20N2OS/c1-4-7-14-11(5-6-13-14)12(15)9-16-8-10(2)3/h5-6,10H,4,7-9H2,1-3H3. The molecular weight excluding hydrogens is 220 g/mol. The summed E-state index contributed by atoms with van der Waals surface area (Å²) in [5.41, 5.74) is 0.748. The van der Waals surface area contributed by atoms with Crippen molar-refractivity contribution in [3.63, 3.8) is 0 Å². The van der Waals surface area contributed by atoms with Crippen LogP contribution < -0.4 is 0 Å². The van der Waals surface area contributed by atoms with Gasteiger partial charge in [0.2, 0.25) is 0 Å². The number of rotatable bonds is 7. The van der Waals surface area contributed by atoms with Crippen molar-refractivity contribution in [2.45, 2.75) is 33.7 Å². The molecular formula is C12H20N2OS. The van der Waals surface area contributed by atoms with Crippen LogP contribution in [0.1, 0.15) is 37.7 Å². The second-order valence-corrected chi connectivity index (χ2v) is 5.30. The lowest BCUT2D eigenvalue weighted by molar-refractivity contribution is 0.101. The lowest BCUT2D eigenvalue weighted by Crippen LogP contribution is -2.12. The Morgan fingerprint density at radius 1 is 1.56 bits per heavy atom. The molecule has 0 aliphatic rings. The van der Waals surface area contributed by atoms with Crippen LogP contribution in [0.25, 0.3) is 0 Å². The van der Waals surface area contributed by atoms with Gasteiger partial charge in [0.15, 0.2) is 5.78 Å². The maximum absolute atomic E-state index is 11.9.